The third kappa shape index (κ3) is 4.55. The van der Waals surface area contributed by atoms with E-state index in [1.807, 2.05) is 30.3 Å². The minimum atomic E-state index is -0.575. The van der Waals surface area contributed by atoms with Gasteiger partial charge in [0.05, 0.1) is 12.6 Å². The zero-order chi connectivity index (χ0) is 19.4. The number of amides is 3. The summed E-state index contributed by atoms with van der Waals surface area (Å²) < 4.78 is 10.5. The number of aryl methyl sites for hydroxylation is 1. The molecule has 0 bridgehead atoms. The van der Waals surface area contributed by atoms with Gasteiger partial charge in [-0.1, -0.05) is 30.3 Å². The molecule has 3 rings (SSSR count). The highest BCUT2D eigenvalue weighted by molar-refractivity contribution is 6.04. The lowest BCUT2D eigenvalue weighted by Gasteiger charge is -2.11. The highest BCUT2D eigenvalue weighted by Crippen LogP contribution is 2.18. The van der Waals surface area contributed by atoms with Crippen LogP contribution in [0.3, 0.4) is 0 Å². The maximum Gasteiger partial charge on any atom is 0.374 e. The molecule has 1 aliphatic heterocycles. The number of carbonyl (C=O) groups is 3. The van der Waals surface area contributed by atoms with Crippen molar-refractivity contribution in [1.82, 2.24) is 10.2 Å². The number of urea groups is 1. The largest absolute Gasteiger partial charge is 0.457 e. The summed E-state index contributed by atoms with van der Waals surface area (Å²) in [6, 6.07) is 11.8. The molecule has 0 saturated carbocycles. The first-order valence-corrected chi connectivity index (χ1v) is 8.89. The summed E-state index contributed by atoms with van der Waals surface area (Å²) in [5.41, 5.74) is 1.11. The van der Waals surface area contributed by atoms with Gasteiger partial charge in [0.1, 0.15) is 11.8 Å². The number of esters is 1. The summed E-state index contributed by atoms with van der Waals surface area (Å²) in [7, 11) is 0. The Balaban J connectivity index is 1.59. The number of hydrogen-bond donors (Lipinski definition) is 1. The fourth-order valence-corrected chi connectivity index (χ4v) is 2.88. The number of rotatable bonds is 7. The van der Waals surface area contributed by atoms with E-state index in [2.05, 4.69) is 5.32 Å². The van der Waals surface area contributed by atoms with Crippen molar-refractivity contribution >= 4 is 17.9 Å². The van der Waals surface area contributed by atoms with Crippen molar-refractivity contribution in [3.8, 4) is 0 Å². The molecule has 1 aliphatic rings. The zero-order valence-corrected chi connectivity index (χ0v) is 15.3. The van der Waals surface area contributed by atoms with Crippen molar-refractivity contribution in [2.24, 2.45) is 0 Å². The van der Waals surface area contributed by atoms with Crippen molar-refractivity contribution < 1.29 is 23.5 Å². The Kier molecular flexibility index (Phi) is 5.59. The molecule has 0 radical (unpaired) electrons. The average Bonchev–Trinajstić information content (AvgIpc) is 3.21. The molecule has 0 spiro atoms. The summed E-state index contributed by atoms with van der Waals surface area (Å²) in [6.45, 7) is 3.45. The van der Waals surface area contributed by atoms with E-state index in [1.165, 1.54) is 6.07 Å². The van der Waals surface area contributed by atoms with Gasteiger partial charge in [-0.05, 0) is 44.4 Å². The van der Waals surface area contributed by atoms with Gasteiger partial charge in [-0.3, -0.25) is 9.69 Å². The highest BCUT2D eigenvalue weighted by atomic mass is 16.6. The van der Waals surface area contributed by atoms with Crippen LogP contribution in [0.25, 0.3) is 0 Å². The number of furan rings is 1. The molecule has 1 atom stereocenters. The van der Waals surface area contributed by atoms with E-state index in [9.17, 15) is 14.4 Å². The summed E-state index contributed by atoms with van der Waals surface area (Å²) in [4.78, 5) is 37.6. The van der Waals surface area contributed by atoms with Gasteiger partial charge in [0.15, 0.2) is 0 Å². The monoisotopic (exact) mass is 370 g/mol. The molecule has 3 amide bonds. The van der Waals surface area contributed by atoms with Gasteiger partial charge < -0.3 is 14.5 Å². The first-order valence-electron chi connectivity index (χ1n) is 8.89. The number of carbonyl (C=O) groups excluding carboxylic acids is 3. The smallest absolute Gasteiger partial charge is 0.374 e. The van der Waals surface area contributed by atoms with Gasteiger partial charge in [0, 0.05) is 0 Å². The molecule has 1 aromatic carbocycles. The van der Waals surface area contributed by atoms with Crippen LogP contribution in [0.15, 0.2) is 46.9 Å². The molecule has 27 heavy (non-hydrogen) atoms. The van der Waals surface area contributed by atoms with E-state index < -0.39 is 18.0 Å². The summed E-state index contributed by atoms with van der Waals surface area (Å²) in [6.07, 6.45) is 0.953. The Morgan fingerprint density at radius 2 is 1.93 bits per heavy atom. The maximum absolute atomic E-state index is 12.5. The minimum Gasteiger partial charge on any atom is -0.457 e. The molecule has 1 fully saturated rings. The number of benzene rings is 1. The molecular formula is C20H22N2O5. The molecule has 1 unspecified atom stereocenters. The lowest BCUT2D eigenvalue weighted by molar-refractivity contribution is -0.128. The zero-order valence-electron chi connectivity index (χ0n) is 15.3. The molecule has 1 saturated heterocycles. The van der Waals surface area contributed by atoms with Crippen LogP contribution in [-0.4, -0.2) is 35.0 Å². The third-order valence-corrected chi connectivity index (χ3v) is 4.19. The second-order valence-electron chi connectivity index (χ2n) is 6.67. The Hall–Kier alpha value is -3.09. The van der Waals surface area contributed by atoms with Crippen LogP contribution in [0.2, 0.25) is 0 Å². The topological polar surface area (TPSA) is 88.9 Å². The first-order chi connectivity index (χ1) is 12.9. The van der Waals surface area contributed by atoms with Crippen molar-refractivity contribution in [2.75, 3.05) is 0 Å². The Labute approximate surface area is 157 Å². The lowest BCUT2D eigenvalue weighted by Crippen LogP contribution is -2.31. The van der Waals surface area contributed by atoms with E-state index in [0.717, 1.165) is 10.5 Å². The van der Waals surface area contributed by atoms with Crippen molar-refractivity contribution in [2.45, 2.75) is 45.4 Å². The molecule has 0 aliphatic carbocycles. The van der Waals surface area contributed by atoms with E-state index in [0.29, 0.717) is 18.6 Å². The third-order valence-electron chi connectivity index (χ3n) is 4.19. The Morgan fingerprint density at radius 1 is 1.19 bits per heavy atom. The van der Waals surface area contributed by atoms with E-state index in [-0.39, 0.29) is 24.3 Å². The molecule has 7 nitrogen and oxygen atoms in total. The summed E-state index contributed by atoms with van der Waals surface area (Å²) in [5.74, 6) is -0.475. The van der Waals surface area contributed by atoms with Gasteiger partial charge in [0.2, 0.25) is 5.76 Å². The fourth-order valence-electron chi connectivity index (χ4n) is 2.88. The number of nitrogens with zero attached hydrogens (tertiary/aromatic N) is 1. The number of ether oxygens (including phenoxy) is 1. The molecular weight excluding hydrogens is 348 g/mol. The van der Waals surface area contributed by atoms with Crippen molar-refractivity contribution in [1.29, 1.82) is 0 Å². The van der Waals surface area contributed by atoms with Crippen LogP contribution in [0, 0.1) is 0 Å². The van der Waals surface area contributed by atoms with Gasteiger partial charge in [-0.15, -0.1) is 0 Å². The summed E-state index contributed by atoms with van der Waals surface area (Å²) >= 11 is 0. The van der Waals surface area contributed by atoms with Gasteiger partial charge in [0.25, 0.3) is 5.91 Å². The molecule has 2 heterocycles. The maximum atomic E-state index is 12.5. The number of nitrogens with one attached hydrogen (secondary N) is 1. The standard InChI is InChI=1S/C20H22N2O5/c1-13(2)26-19(24)17-11-9-15(27-17)12-22-18(23)16(21-20(22)25)10-8-14-6-4-3-5-7-14/h3-7,9,11,13,16H,8,10,12H2,1-2H3,(H,21,25). The fraction of sp³-hybridized carbons (Fsp3) is 0.350. The Morgan fingerprint density at radius 3 is 2.63 bits per heavy atom. The van der Waals surface area contributed by atoms with Crippen LogP contribution in [0.4, 0.5) is 4.79 Å². The first kappa shape index (κ1) is 18.7. The Bertz CT molecular complexity index is 828. The van der Waals surface area contributed by atoms with Crippen LogP contribution in [-0.2, 0) is 22.5 Å². The number of hydrogen-bond acceptors (Lipinski definition) is 5. The predicted molar refractivity (Wildman–Crippen MR) is 96.9 cm³/mol. The molecule has 142 valence electrons. The average molecular weight is 370 g/mol. The number of imide groups is 1. The minimum absolute atomic E-state index is 0.0263. The van der Waals surface area contributed by atoms with Crippen LogP contribution in [0.1, 0.15) is 42.1 Å². The molecule has 7 heteroatoms. The van der Waals surface area contributed by atoms with Crippen LogP contribution >= 0.6 is 0 Å². The predicted octanol–water partition coefficient (Wildman–Crippen LogP) is 2.90. The van der Waals surface area contributed by atoms with Gasteiger partial charge >= 0.3 is 12.0 Å². The highest BCUT2D eigenvalue weighted by Gasteiger charge is 2.38. The van der Waals surface area contributed by atoms with Crippen LogP contribution < -0.4 is 5.32 Å². The second kappa shape index (κ2) is 8.07. The molecule has 2 aromatic rings. The van der Waals surface area contributed by atoms with E-state index in [1.54, 1.807) is 19.9 Å². The van der Waals surface area contributed by atoms with Gasteiger partial charge in [-0.25, -0.2) is 9.59 Å². The van der Waals surface area contributed by atoms with E-state index >= 15 is 0 Å². The second-order valence-corrected chi connectivity index (χ2v) is 6.67. The van der Waals surface area contributed by atoms with Crippen molar-refractivity contribution in [3.05, 3.63) is 59.5 Å². The van der Waals surface area contributed by atoms with Gasteiger partial charge in [-0.2, -0.15) is 0 Å². The lowest BCUT2D eigenvalue weighted by atomic mass is 10.1. The van der Waals surface area contributed by atoms with Crippen molar-refractivity contribution in [3.63, 3.8) is 0 Å². The van der Waals surface area contributed by atoms with Crippen LogP contribution in [0.5, 0.6) is 0 Å². The van der Waals surface area contributed by atoms with E-state index in [4.69, 9.17) is 9.15 Å². The summed E-state index contributed by atoms with van der Waals surface area (Å²) in [5, 5.41) is 2.70. The normalized spacial score (nSPS) is 16.7. The SMILES string of the molecule is CC(C)OC(=O)c1ccc(CN2C(=O)NC(CCc3ccccc3)C2=O)o1. The quantitative estimate of drug-likeness (QED) is 0.598. The molecule has 1 aromatic heterocycles. The molecule has 1 N–H and O–H groups in total.